The van der Waals surface area contributed by atoms with Gasteiger partial charge in [-0.3, -0.25) is 4.90 Å². The maximum atomic E-state index is 3.63. The van der Waals surface area contributed by atoms with Crippen molar-refractivity contribution in [3.8, 4) is 0 Å². The third-order valence-corrected chi connectivity index (χ3v) is 5.49. The molecule has 1 rings (SSSR count). The van der Waals surface area contributed by atoms with E-state index in [2.05, 4.69) is 38.0 Å². The Morgan fingerprint density at radius 3 is 2.15 bits per heavy atom. The first kappa shape index (κ1) is 18.0. The third kappa shape index (κ3) is 5.04. The summed E-state index contributed by atoms with van der Waals surface area (Å²) in [6.45, 7) is 9.75. The van der Waals surface area contributed by atoms with Crippen molar-refractivity contribution >= 4 is 0 Å². The molecule has 1 N–H and O–H groups in total. The topological polar surface area (TPSA) is 15.3 Å². The predicted octanol–water partition coefficient (Wildman–Crippen LogP) is 4.59. The second-order valence-corrected chi connectivity index (χ2v) is 6.80. The van der Waals surface area contributed by atoms with Crippen LogP contribution in [0, 0.1) is 0 Å². The van der Waals surface area contributed by atoms with E-state index in [4.69, 9.17) is 0 Å². The molecular weight excluding hydrogens is 244 g/mol. The number of hydrogen-bond acceptors (Lipinski definition) is 2. The second kappa shape index (κ2) is 9.78. The standard InChI is InChI=1S/C18H38N2/c1-5-7-8-9-10-11-14-17(19-4)18(3,6-2)20-15-12-13-16-20/h17,19H,5-16H2,1-4H3. The largest absolute Gasteiger partial charge is 0.315 e. The maximum absolute atomic E-state index is 3.63. The van der Waals surface area contributed by atoms with Crippen molar-refractivity contribution in [2.75, 3.05) is 20.1 Å². The van der Waals surface area contributed by atoms with Crippen LogP contribution in [0.4, 0.5) is 0 Å². The first-order chi connectivity index (χ1) is 9.69. The second-order valence-electron chi connectivity index (χ2n) is 6.80. The summed E-state index contributed by atoms with van der Waals surface area (Å²) in [6.07, 6.45) is 13.8. The van der Waals surface area contributed by atoms with Gasteiger partial charge in [0.1, 0.15) is 0 Å². The van der Waals surface area contributed by atoms with Crippen molar-refractivity contribution in [1.82, 2.24) is 10.2 Å². The Morgan fingerprint density at radius 2 is 1.60 bits per heavy atom. The molecule has 120 valence electrons. The zero-order valence-corrected chi connectivity index (χ0v) is 14.5. The fraction of sp³-hybridized carbons (Fsp3) is 1.00. The lowest BCUT2D eigenvalue weighted by atomic mass is 9.84. The lowest BCUT2D eigenvalue weighted by molar-refractivity contribution is 0.0824. The number of unbranched alkanes of at least 4 members (excludes halogenated alkanes) is 5. The normalized spacial score (nSPS) is 21.0. The molecule has 2 atom stereocenters. The quantitative estimate of drug-likeness (QED) is 0.558. The highest BCUT2D eigenvalue weighted by Gasteiger charge is 2.38. The number of hydrogen-bond donors (Lipinski definition) is 1. The van der Waals surface area contributed by atoms with Gasteiger partial charge in [0.25, 0.3) is 0 Å². The van der Waals surface area contributed by atoms with E-state index in [1.165, 1.54) is 77.3 Å². The number of nitrogens with zero attached hydrogens (tertiary/aromatic N) is 1. The molecule has 0 aliphatic carbocycles. The zero-order chi connectivity index (χ0) is 14.8. The van der Waals surface area contributed by atoms with Crippen LogP contribution in [0.3, 0.4) is 0 Å². The summed E-state index contributed by atoms with van der Waals surface area (Å²) in [5.41, 5.74) is 0.356. The molecule has 0 saturated carbocycles. The minimum atomic E-state index is 0.356. The molecule has 0 amide bonds. The van der Waals surface area contributed by atoms with Crippen LogP contribution in [-0.4, -0.2) is 36.6 Å². The molecule has 1 aliphatic rings. The van der Waals surface area contributed by atoms with Gasteiger partial charge in [0.05, 0.1) is 0 Å². The average Bonchev–Trinajstić information content (AvgIpc) is 3.00. The fourth-order valence-electron chi connectivity index (χ4n) is 3.81. The average molecular weight is 283 g/mol. The van der Waals surface area contributed by atoms with Crippen molar-refractivity contribution in [3.63, 3.8) is 0 Å². The predicted molar refractivity (Wildman–Crippen MR) is 90.3 cm³/mol. The van der Waals surface area contributed by atoms with E-state index in [9.17, 15) is 0 Å². The minimum absolute atomic E-state index is 0.356. The summed E-state index contributed by atoms with van der Waals surface area (Å²) in [6, 6.07) is 0.650. The van der Waals surface area contributed by atoms with E-state index in [1.54, 1.807) is 0 Å². The molecule has 0 radical (unpaired) electrons. The summed E-state index contributed by atoms with van der Waals surface area (Å²) in [5.74, 6) is 0. The molecule has 0 spiro atoms. The van der Waals surface area contributed by atoms with Gasteiger partial charge in [0.15, 0.2) is 0 Å². The molecule has 0 bridgehead atoms. The Hall–Kier alpha value is -0.0800. The van der Waals surface area contributed by atoms with Gasteiger partial charge >= 0.3 is 0 Å². The highest BCUT2D eigenvalue weighted by molar-refractivity contribution is 4.97. The van der Waals surface area contributed by atoms with Crippen LogP contribution < -0.4 is 5.32 Å². The summed E-state index contributed by atoms with van der Waals surface area (Å²) < 4.78 is 0. The smallest absolute Gasteiger partial charge is 0.0331 e. The van der Waals surface area contributed by atoms with Crippen molar-refractivity contribution < 1.29 is 0 Å². The van der Waals surface area contributed by atoms with Gasteiger partial charge < -0.3 is 5.32 Å². The molecule has 2 heteroatoms. The Kier molecular flexibility index (Phi) is 8.79. The van der Waals surface area contributed by atoms with Crippen LogP contribution in [0.1, 0.15) is 85.0 Å². The molecular formula is C18H38N2. The first-order valence-corrected chi connectivity index (χ1v) is 9.11. The van der Waals surface area contributed by atoms with Crippen molar-refractivity contribution in [3.05, 3.63) is 0 Å². The fourth-order valence-corrected chi connectivity index (χ4v) is 3.81. The summed E-state index contributed by atoms with van der Waals surface area (Å²) >= 11 is 0. The van der Waals surface area contributed by atoms with E-state index in [1.807, 2.05) is 0 Å². The molecule has 0 aromatic rings. The number of likely N-dealkylation sites (N-methyl/N-ethyl adjacent to an activating group) is 1. The van der Waals surface area contributed by atoms with Crippen LogP contribution in [0.15, 0.2) is 0 Å². The Morgan fingerprint density at radius 1 is 1.00 bits per heavy atom. The Bertz CT molecular complexity index is 236. The summed E-state index contributed by atoms with van der Waals surface area (Å²) in [4.78, 5) is 2.74. The van der Waals surface area contributed by atoms with Crippen molar-refractivity contribution in [2.24, 2.45) is 0 Å². The van der Waals surface area contributed by atoms with Gasteiger partial charge in [0.2, 0.25) is 0 Å². The van der Waals surface area contributed by atoms with E-state index in [0.717, 1.165) is 0 Å². The molecule has 0 aromatic heterocycles. The van der Waals surface area contributed by atoms with E-state index < -0.39 is 0 Å². The van der Waals surface area contributed by atoms with Crippen LogP contribution in [-0.2, 0) is 0 Å². The lowest BCUT2D eigenvalue weighted by Gasteiger charge is -2.44. The van der Waals surface area contributed by atoms with Crippen LogP contribution >= 0.6 is 0 Å². The van der Waals surface area contributed by atoms with Gasteiger partial charge in [-0.2, -0.15) is 0 Å². The number of likely N-dealkylation sites (tertiary alicyclic amines) is 1. The van der Waals surface area contributed by atoms with E-state index in [0.29, 0.717) is 11.6 Å². The van der Waals surface area contributed by atoms with Gasteiger partial charge in [-0.25, -0.2) is 0 Å². The van der Waals surface area contributed by atoms with Gasteiger partial charge in [-0.15, -0.1) is 0 Å². The summed E-state index contributed by atoms with van der Waals surface area (Å²) in [7, 11) is 2.16. The third-order valence-electron chi connectivity index (χ3n) is 5.49. The van der Waals surface area contributed by atoms with Crippen LogP contribution in [0.2, 0.25) is 0 Å². The SMILES string of the molecule is CCCCCCCCC(NC)C(C)(CC)N1CCCC1. The molecule has 1 saturated heterocycles. The van der Waals surface area contributed by atoms with Crippen molar-refractivity contribution in [1.29, 1.82) is 0 Å². The number of nitrogens with one attached hydrogen (secondary N) is 1. The van der Waals surface area contributed by atoms with Gasteiger partial charge in [-0.05, 0) is 52.7 Å². The van der Waals surface area contributed by atoms with E-state index in [-0.39, 0.29) is 0 Å². The molecule has 0 aromatic carbocycles. The number of rotatable bonds is 11. The molecule has 2 nitrogen and oxygen atoms in total. The van der Waals surface area contributed by atoms with Crippen LogP contribution in [0.5, 0.6) is 0 Å². The molecule has 1 aliphatic heterocycles. The maximum Gasteiger partial charge on any atom is 0.0331 e. The highest BCUT2D eigenvalue weighted by atomic mass is 15.2. The molecule has 1 fully saturated rings. The minimum Gasteiger partial charge on any atom is -0.315 e. The highest BCUT2D eigenvalue weighted by Crippen LogP contribution is 2.30. The van der Waals surface area contributed by atoms with Crippen molar-refractivity contribution in [2.45, 2.75) is 96.6 Å². The Balaban J connectivity index is 2.37. The van der Waals surface area contributed by atoms with Gasteiger partial charge in [0, 0.05) is 11.6 Å². The summed E-state index contributed by atoms with van der Waals surface area (Å²) in [5, 5.41) is 3.63. The zero-order valence-electron chi connectivity index (χ0n) is 14.5. The van der Waals surface area contributed by atoms with Crippen LogP contribution in [0.25, 0.3) is 0 Å². The molecule has 20 heavy (non-hydrogen) atoms. The lowest BCUT2D eigenvalue weighted by Crippen LogP contribution is -2.57. The van der Waals surface area contributed by atoms with E-state index >= 15 is 0 Å². The molecule has 1 heterocycles. The monoisotopic (exact) mass is 282 g/mol. The molecule has 2 unspecified atom stereocenters. The Labute approximate surface area is 127 Å². The first-order valence-electron chi connectivity index (χ1n) is 9.11. The van der Waals surface area contributed by atoms with Gasteiger partial charge in [-0.1, -0.05) is 52.4 Å².